The average molecular weight is 278 g/mol. The molecule has 0 spiro atoms. The molecule has 1 amide bonds. The number of nitrogen functional groups attached to an aromatic ring is 1. The van der Waals surface area contributed by atoms with E-state index < -0.39 is 0 Å². The third-order valence-corrected chi connectivity index (χ3v) is 4.23. The summed E-state index contributed by atoms with van der Waals surface area (Å²) in [4.78, 5) is 19.5. The van der Waals surface area contributed by atoms with Crippen molar-refractivity contribution in [3.63, 3.8) is 0 Å². The molecule has 2 fully saturated rings. The molecule has 1 aromatic heterocycles. The molecule has 2 aliphatic rings. The number of carbonyl (C=O) groups is 1. The van der Waals surface area contributed by atoms with E-state index in [9.17, 15) is 9.18 Å². The normalized spacial score (nSPS) is 20.8. The maximum Gasteiger partial charge on any atom is 0.222 e. The number of pyridine rings is 1. The third kappa shape index (κ3) is 2.30. The number of likely N-dealkylation sites (tertiary alicyclic amines) is 1. The predicted octanol–water partition coefficient (Wildman–Crippen LogP) is 1.39. The molecule has 0 atom stereocenters. The van der Waals surface area contributed by atoms with Crippen LogP contribution >= 0.6 is 0 Å². The van der Waals surface area contributed by atoms with Gasteiger partial charge >= 0.3 is 0 Å². The quantitative estimate of drug-likeness (QED) is 0.888. The van der Waals surface area contributed by atoms with E-state index in [4.69, 9.17) is 5.73 Å². The lowest BCUT2D eigenvalue weighted by Gasteiger charge is -2.38. The van der Waals surface area contributed by atoms with Gasteiger partial charge in [-0.2, -0.15) is 0 Å². The number of nitrogens with zero attached hydrogens (tertiary/aromatic N) is 3. The molecule has 1 aromatic rings. The molecule has 0 aromatic carbocycles. The van der Waals surface area contributed by atoms with Gasteiger partial charge in [0.2, 0.25) is 5.91 Å². The average Bonchev–Trinajstić information content (AvgIpc) is 2.86. The number of aromatic nitrogens is 1. The number of nitrogens with two attached hydrogens (primary N) is 1. The van der Waals surface area contributed by atoms with Gasteiger partial charge in [0.05, 0.1) is 23.8 Å². The van der Waals surface area contributed by atoms with E-state index in [1.165, 1.54) is 12.4 Å². The van der Waals surface area contributed by atoms with Gasteiger partial charge in [0, 0.05) is 32.1 Å². The largest absolute Gasteiger partial charge is 0.396 e. The SMILES string of the molecule is Nc1cncc(F)c1N1CCC(N2CCCC2=O)CC1. The highest BCUT2D eigenvalue weighted by atomic mass is 19.1. The summed E-state index contributed by atoms with van der Waals surface area (Å²) in [7, 11) is 0. The molecule has 0 aliphatic carbocycles. The molecule has 0 bridgehead atoms. The molecular weight excluding hydrogens is 259 g/mol. The van der Waals surface area contributed by atoms with Crippen LogP contribution in [-0.4, -0.2) is 41.5 Å². The Balaban J connectivity index is 1.68. The van der Waals surface area contributed by atoms with Crippen LogP contribution in [0.2, 0.25) is 0 Å². The van der Waals surface area contributed by atoms with Gasteiger partial charge < -0.3 is 15.5 Å². The first-order valence-electron chi connectivity index (χ1n) is 7.10. The van der Waals surface area contributed by atoms with Crippen LogP contribution in [0.3, 0.4) is 0 Å². The van der Waals surface area contributed by atoms with Crippen LogP contribution in [-0.2, 0) is 4.79 Å². The van der Waals surface area contributed by atoms with Gasteiger partial charge in [0.25, 0.3) is 0 Å². The van der Waals surface area contributed by atoms with Crippen molar-refractivity contribution in [3.05, 3.63) is 18.2 Å². The van der Waals surface area contributed by atoms with Gasteiger partial charge in [0.15, 0.2) is 5.82 Å². The number of hydrogen-bond donors (Lipinski definition) is 1. The van der Waals surface area contributed by atoms with Crippen molar-refractivity contribution >= 4 is 17.3 Å². The second-order valence-electron chi connectivity index (χ2n) is 5.47. The van der Waals surface area contributed by atoms with Gasteiger partial charge in [-0.15, -0.1) is 0 Å². The van der Waals surface area contributed by atoms with Crippen LogP contribution in [0, 0.1) is 5.82 Å². The topological polar surface area (TPSA) is 62.5 Å². The fourth-order valence-corrected chi connectivity index (χ4v) is 3.23. The van der Waals surface area contributed by atoms with Crippen molar-refractivity contribution < 1.29 is 9.18 Å². The van der Waals surface area contributed by atoms with E-state index in [0.29, 0.717) is 23.8 Å². The maximum atomic E-state index is 13.8. The number of piperidine rings is 1. The Morgan fingerprint density at radius 3 is 2.60 bits per heavy atom. The van der Waals surface area contributed by atoms with Crippen molar-refractivity contribution in [1.82, 2.24) is 9.88 Å². The van der Waals surface area contributed by atoms with Crippen molar-refractivity contribution in [2.24, 2.45) is 0 Å². The second-order valence-corrected chi connectivity index (χ2v) is 5.47. The molecule has 3 rings (SSSR count). The van der Waals surface area contributed by atoms with Gasteiger partial charge in [-0.25, -0.2) is 4.39 Å². The fourth-order valence-electron chi connectivity index (χ4n) is 3.23. The molecule has 2 saturated heterocycles. The van der Waals surface area contributed by atoms with E-state index in [-0.39, 0.29) is 11.7 Å². The summed E-state index contributed by atoms with van der Waals surface area (Å²) >= 11 is 0. The van der Waals surface area contributed by atoms with E-state index >= 15 is 0 Å². The second kappa shape index (κ2) is 5.26. The monoisotopic (exact) mass is 278 g/mol. The summed E-state index contributed by atoms with van der Waals surface area (Å²) in [6, 6.07) is 0.298. The highest BCUT2D eigenvalue weighted by Crippen LogP contribution is 2.30. The Bertz CT molecular complexity index is 494. The third-order valence-electron chi connectivity index (χ3n) is 4.23. The lowest BCUT2D eigenvalue weighted by atomic mass is 10.0. The molecule has 108 valence electrons. The van der Waals surface area contributed by atoms with Crippen LogP contribution in [0.1, 0.15) is 25.7 Å². The van der Waals surface area contributed by atoms with Crippen LogP contribution < -0.4 is 10.6 Å². The Morgan fingerprint density at radius 1 is 1.25 bits per heavy atom. The molecule has 20 heavy (non-hydrogen) atoms. The van der Waals surface area contributed by atoms with Gasteiger partial charge in [-0.3, -0.25) is 9.78 Å². The first kappa shape index (κ1) is 13.1. The van der Waals surface area contributed by atoms with Crippen molar-refractivity contribution in [2.45, 2.75) is 31.7 Å². The number of rotatable bonds is 2. The number of carbonyl (C=O) groups excluding carboxylic acids is 1. The standard InChI is InChI=1S/C14H19FN4O/c15-11-8-17-9-12(16)14(11)18-6-3-10(4-7-18)19-5-1-2-13(19)20/h8-10H,1-7,16H2. The lowest BCUT2D eigenvalue weighted by molar-refractivity contribution is -0.130. The van der Waals surface area contributed by atoms with Crippen LogP contribution in [0.25, 0.3) is 0 Å². The number of halogens is 1. The highest BCUT2D eigenvalue weighted by Gasteiger charge is 2.31. The molecule has 2 aliphatic heterocycles. The number of amides is 1. The summed E-state index contributed by atoms with van der Waals surface area (Å²) in [5.74, 6) is -0.112. The Labute approximate surface area is 117 Å². The first-order chi connectivity index (χ1) is 9.66. The molecular formula is C14H19FN4O. The molecule has 2 N–H and O–H groups in total. The minimum Gasteiger partial charge on any atom is -0.396 e. The van der Waals surface area contributed by atoms with E-state index in [1.54, 1.807) is 0 Å². The summed E-state index contributed by atoms with van der Waals surface area (Å²) in [6.07, 6.45) is 6.05. The summed E-state index contributed by atoms with van der Waals surface area (Å²) in [5.41, 5.74) is 6.65. The molecule has 5 nitrogen and oxygen atoms in total. The van der Waals surface area contributed by atoms with Gasteiger partial charge in [-0.1, -0.05) is 0 Å². The zero-order valence-electron chi connectivity index (χ0n) is 11.4. The summed E-state index contributed by atoms with van der Waals surface area (Å²) in [5, 5.41) is 0. The predicted molar refractivity (Wildman–Crippen MR) is 74.8 cm³/mol. The van der Waals surface area contributed by atoms with Crippen molar-refractivity contribution in [2.75, 3.05) is 30.3 Å². The first-order valence-corrected chi connectivity index (χ1v) is 7.10. The Morgan fingerprint density at radius 2 is 2.00 bits per heavy atom. The van der Waals surface area contributed by atoms with E-state index in [1.807, 2.05) is 9.80 Å². The van der Waals surface area contributed by atoms with Crippen LogP contribution in [0.15, 0.2) is 12.4 Å². The van der Waals surface area contributed by atoms with E-state index in [2.05, 4.69) is 4.98 Å². The van der Waals surface area contributed by atoms with E-state index in [0.717, 1.165) is 38.9 Å². The summed E-state index contributed by atoms with van der Waals surface area (Å²) < 4.78 is 13.8. The lowest BCUT2D eigenvalue weighted by Crippen LogP contribution is -2.45. The minimum absolute atomic E-state index is 0.262. The van der Waals surface area contributed by atoms with Crippen molar-refractivity contribution in [3.8, 4) is 0 Å². The molecule has 3 heterocycles. The highest BCUT2D eigenvalue weighted by molar-refractivity contribution is 5.78. The number of hydrogen-bond acceptors (Lipinski definition) is 4. The fraction of sp³-hybridized carbons (Fsp3) is 0.571. The molecule has 0 unspecified atom stereocenters. The molecule has 6 heteroatoms. The minimum atomic E-state index is -0.374. The van der Waals surface area contributed by atoms with Crippen LogP contribution in [0.4, 0.5) is 15.8 Å². The zero-order chi connectivity index (χ0) is 14.1. The molecule has 0 radical (unpaired) electrons. The van der Waals surface area contributed by atoms with Gasteiger partial charge in [0.1, 0.15) is 0 Å². The Hall–Kier alpha value is -1.85. The zero-order valence-corrected chi connectivity index (χ0v) is 11.4. The summed E-state index contributed by atoms with van der Waals surface area (Å²) in [6.45, 7) is 2.31. The van der Waals surface area contributed by atoms with Crippen LogP contribution in [0.5, 0.6) is 0 Å². The van der Waals surface area contributed by atoms with Crippen molar-refractivity contribution in [1.29, 1.82) is 0 Å². The van der Waals surface area contributed by atoms with Gasteiger partial charge in [-0.05, 0) is 19.3 Å². The number of anilines is 2. The Kier molecular flexibility index (Phi) is 3.46. The smallest absolute Gasteiger partial charge is 0.222 e. The molecule has 0 saturated carbocycles. The maximum absolute atomic E-state index is 13.8.